The first-order valence-corrected chi connectivity index (χ1v) is 6.97. The highest BCUT2D eigenvalue weighted by atomic mass is 35.5. The molecule has 2 fully saturated rings. The average molecular weight is 328 g/mol. The van der Waals surface area contributed by atoms with Crippen molar-refractivity contribution in [3.8, 4) is 0 Å². The molecule has 1 saturated carbocycles. The Balaban J connectivity index is 0.00000180. The second-order valence-corrected chi connectivity index (χ2v) is 5.55. The van der Waals surface area contributed by atoms with Crippen LogP contribution in [0.1, 0.15) is 32.6 Å². The predicted molar refractivity (Wildman–Crippen MR) is 84.7 cm³/mol. The van der Waals surface area contributed by atoms with Gasteiger partial charge >= 0.3 is 0 Å². The van der Waals surface area contributed by atoms with Crippen LogP contribution in [-0.4, -0.2) is 55.2 Å². The van der Waals surface area contributed by atoms with Gasteiger partial charge in [0, 0.05) is 25.2 Å². The van der Waals surface area contributed by atoms with Gasteiger partial charge in [-0.3, -0.25) is 9.69 Å². The highest BCUT2D eigenvalue weighted by molar-refractivity contribution is 5.85. The Morgan fingerprint density at radius 2 is 2.00 bits per heavy atom. The second kappa shape index (κ2) is 9.05. The average Bonchev–Trinajstić information content (AvgIpc) is 3.12. The minimum absolute atomic E-state index is 0. The number of carbonyl (C=O) groups is 1. The summed E-state index contributed by atoms with van der Waals surface area (Å²) in [5, 5.41) is 2.99. The molecule has 1 amide bonds. The number of ether oxygens (including phenoxy) is 1. The van der Waals surface area contributed by atoms with Crippen LogP contribution in [0.4, 0.5) is 0 Å². The highest BCUT2D eigenvalue weighted by Gasteiger charge is 2.31. The van der Waals surface area contributed by atoms with E-state index >= 15 is 0 Å². The van der Waals surface area contributed by atoms with Crippen molar-refractivity contribution in [3.05, 3.63) is 0 Å². The molecule has 20 heavy (non-hydrogen) atoms. The molecule has 1 unspecified atom stereocenters. The number of hydrogen-bond acceptors (Lipinski definition) is 4. The van der Waals surface area contributed by atoms with E-state index in [0.717, 1.165) is 18.9 Å². The standard InChI is InChI=1S/C13H25N3O2.2ClH/c1-9(16(2)10-3-4-10)8-15-13(17)12-6-5-11(7-14)18-12;;/h9-12H,3-8,14H2,1-2H3,(H,15,17);2*1H/t9?,11-,12+;;/m1../s1. The molecule has 120 valence electrons. The van der Waals surface area contributed by atoms with Gasteiger partial charge in [0.1, 0.15) is 6.10 Å². The van der Waals surface area contributed by atoms with Gasteiger partial charge in [-0.15, -0.1) is 24.8 Å². The van der Waals surface area contributed by atoms with Gasteiger partial charge in [-0.25, -0.2) is 0 Å². The first kappa shape index (κ1) is 19.9. The first-order valence-electron chi connectivity index (χ1n) is 6.97. The molecule has 5 nitrogen and oxygen atoms in total. The number of nitrogens with one attached hydrogen (secondary N) is 1. The minimum atomic E-state index is -0.294. The summed E-state index contributed by atoms with van der Waals surface area (Å²) >= 11 is 0. The summed E-state index contributed by atoms with van der Waals surface area (Å²) in [5.41, 5.74) is 5.53. The van der Waals surface area contributed by atoms with Crippen molar-refractivity contribution >= 4 is 30.7 Å². The van der Waals surface area contributed by atoms with Gasteiger partial charge in [-0.05, 0) is 39.7 Å². The van der Waals surface area contributed by atoms with E-state index in [1.165, 1.54) is 12.8 Å². The van der Waals surface area contributed by atoms with Crippen LogP contribution < -0.4 is 11.1 Å². The molecule has 3 atom stereocenters. The SMILES string of the molecule is CC(CNC(=O)[C@@H]1CC[C@H](CN)O1)N(C)C1CC1.Cl.Cl. The summed E-state index contributed by atoms with van der Waals surface area (Å²) in [6.07, 6.45) is 4.04. The maximum Gasteiger partial charge on any atom is 0.249 e. The van der Waals surface area contributed by atoms with Crippen molar-refractivity contribution in [3.63, 3.8) is 0 Å². The van der Waals surface area contributed by atoms with E-state index in [1.54, 1.807) is 0 Å². The van der Waals surface area contributed by atoms with E-state index in [1.807, 2.05) is 0 Å². The molecular formula is C13H27Cl2N3O2. The fourth-order valence-corrected chi connectivity index (χ4v) is 2.42. The van der Waals surface area contributed by atoms with Gasteiger partial charge in [0.05, 0.1) is 6.10 Å². The van der Waals surface area contributed by atoms with Gasteiger partial charge in [-0.1, -0.05) is 0 Å². The molecule has 0 aromatic heterocycles. The smallest absolute Gasteiger partial charge is 0.249 e. The second-order valence-electron chi connectivity index (χ2n) is 5.55. The third-order valence-electron chi connectivity index (χ3n) is 4.05. The number of nitrogens with zero attached hydrogens (tertiary/aromatic N) is 1. The molecule has 1 aliphatic heterocycles. The molecule has 0 aromatic rings. The van der Waals surface area contributed by atoms with Gasteiger partial charge in [0.2, 0.25) is 5.91 Å². The number of likely N-dealkylation sites (N-methyl/N-ethyl adjacent to an activating group) is 1. The van der Waals surface area contributed by atoms with E-state index in [2.05, 4.69) is 24.2 Å². The molecule has 1 heterocycles. The summed E-state index contributed by atoms with van der Waals surface area (Å²) in [6, 6.07) is 1.11. The quantitative estimate of drug-likeness (QED) is 0.761. The van der Waals surface area contributed by atoms with Crippen LogP contribution in [0.25, 0.3) is 0 Å². The number of carbonyl (C=O) groups excluding carboxylic acids is 1. The Bertz CT molecular complexity index is 303. The zero-order valence-corrected chi connectivity index (χ0v) is 13.8. The van der Waals surface area contributed by atoms with Crippen LogP contribution in [0, 0.1) is 0 Å². The van der Waals surface area contributed by atoms with Crippen LogP contribution in [0.3, 0.4) is 0 Å². The zero-order chi connectivity index (χ0) is 13.1. The topological polar surface area (TPSA) is 67.6 Å². The number of amides is 1. The molecule has 2 aliphatic rings. The largest absolute Gasteiger partial charge is 0.364 e. The molecule has 7 heteroatoms. The molecule has 1 saturated heterocycles. The van der Waals surface area contributed by atoms with Gasteiger partial charge in [0.25, 0.3) is 0 Å². The van der Waals surface area contributed by atoms with E-state index in [4.69, 9.17) is 10.5 Å². The fraction of sp³-hybridized carbons (Fsp3) is 0.923. The number of nitrogens with two attached hydrogens (primary N) is 1. The van der Waals surface area contributed by atoms with Gasteiger partial charge < -0.3 is 15.8 Å². The Kier molecular flexibility index (Phi) is 9.02. The summed E-state index contributed by atoms with van der Waals surface area (Å²) in [7, 11) is 2.13. The summed E-state index contributed by atoms with van der Waals surface area (Å²) in [5.74, 6) is 0.0157. The zero-order valence-electron chi connectivity index (χ0n) is 12.2. The fourth-order valence-electron chi connectivity index (χ4n) is 2.42. The molecule has 1 aliphatic carbocycles. The van der Waals surface area contributed by atoms with Crippen LogP contribution >= 0.6 is 24.8 Å². The van der Waals surface area contributed by atoms with Crippen molar-refractivity contribution in [1.82, 2.24) is 10.2 Å². The van der Waals surface area contributed by atoms with Crippen LogP contribution in [0.2, 0.25) is 0 Å². The number of rotatable bonds is 6. The van der Waals surface area contributed by atoms with Crippen molar-refractivity contribution < 1.29 is 9.53 Å². The maximum atomic E-state index is 11.9. The summed E-state index contributed by atoms with van der Waals surface area (Å²) in [4.78, 5) is 14.3. The lowest BCUT2D eigenvalue weighted by Gasteiger charge is -2.25. The lowest BCUT2D eigenvalue weighted by molar-refractivity contribution is -0.132. The number of hydrogen-bond donors (Lipinski definition) is 2. The number of halogens is 2. The first-order chi connectivity index (χ1) is 8.61. The molecule has 0 radical (unpaired) electrons. The molecule has 0 bridgehead atoms. The Morgan fingerprint density at radius 1 is 1.35 bits per heavy atom. The Labute approximate surface area is 133 Å². The summed E-state index contributed by atoms with van der Waals surface area (Å²) in [6.45, 7) is 3.35. The van der Waals surface area contributed by atoms with E-state index in [9.17, 15) is 4.79 Å². The van der Waals surface area contributed by atoms with E-state index in [-0.39, 0.29) is 42.9 Å². The van der Waals surface area contributed by atoms with Crippen LogP contribution in [0.15, 0.2) is 0 Å². The van der Waals surface area contributed by atoms with Crippen LogP contribution in [-0.2, 0) is 9.53 Å². The normalized spacial score (nSPS) is 26.6. The van der Waals surface area contributed by atoms with Gasteiger partial charge in [0.15, 0.2) is 0 Å². The third kappa shape index (κ3) is 5.37. The Hall–Kier alpha value is -0.0700. The predicted octanol–water partition coefficient (Wildman–Crippen LogP) is 0.935. The third-order valence-corrected chi connectivity index (χ3v) is 4.05. The van der Waals surface area contributed by atoms with Crippen molar-refractivity contribution in [2.45, 2.75) is 56.9 Å². The van der Waals surface area contributed by atoms with Crippen LogP contribution in [0.5, 0.6) is 0 Å². The minimum Gasteiger partial charge on any atom is -0.364 e. The lowest BCUT2D eigenvalue weighted by Crippen LogP contribution is -2.44. The molecule has 0 spiro atoms. The van der Waals surface area contributed by atoms with E-state index in [0.29, 0.717) is 19.1 Å². The molecule has 0 aromatic carbocycles. The van der Waals surface area contributed by atoms with Gasteiger partial charge in [-0.2, -0.15) is 0 Å². The molecular weight excluding hydrogens is 301 g/mol. The molecule has 3 N–H and O–H groups in total. The van der Waals surface area contributed by atoms with E-state index < -0.39 is 0 Å². The summed E-state index contributed by atoms with van der Waals surface area (Å²) < 4.78 is 5.57. The van der Waals surface area contributed by atoms with Crippen molar-refractivity contribution in [2.24, 2.45) is 5.73 Å². The lowest BCUT2D eigenvalue weighted by atomic mass is 10.2. The Morgan fingerprint density at radius 3 is 2.50 bits per heavy atom. The molecule has 2 rings (SSSR count). The maximum absolute atomic E-state index is 11.9. The monoisotopic (exact) mass is 327 g/mol. The van der Waals surface area contributed by atoms with Crippen molar-refractivity contribution in [2.75, 3.05) is 20.1 Å². The highest BCUT2D eigenvalue weighted by Crippen LogP contribution is 2.26. The van der Waals surface area contributed by atoms with Crippen molar-refractivity contribution in [1.29, 1.82) is 0 Å².